The maximum absolute atomic E-state index is 5.95. The molecule has 82 valence electrons. The molecule has 3 nitrogen and oxygen atoms in total. The van der Waals surface area contributed by atoms with Crippen LogP contribution in [0.5, 0.6) is 5.75 Å². The number of nitrogens with two attached hydrogens (primary N) is 1. The van der Waals surface area contributed by atoms with Crippen LogP contribution in [-0.2, 0) is 0 Å². The lowest BCUT2D eigenvalue weighted by Crippen LogP contribution is -2.38. The van der Waals surface area contributed by atoms with Crippen molar-refractivity contribution in [2.45, 2.75) is 24.9 Å². The van der Waals surface area contributed by atoms with E-state index in [1.54, 1.807) is 7.11 Å². The van der Waals surface area contributed by atoms with E-state index in [4.69, 9.17) is 10.5 Å². The highest BCUT2D eigenvalue weighted by Crippen LogP contribution is 2.24. The number of nitrogens with one attached hydrogen (secondary N) is 1. The first-order valence-corrected chi connectivity index (χ1v) is 5.42. The molecule has 3 heteroatoms. The smallest absolute Gasteiger partial charge is 0.118 e. The third-order valence-electron chi connectivity index (χ3n) is 2.96. The highest BCUT2D eigenvalue weighted by Gasteiger charge is 2.19. The molecule has 0 saturated carbocycles. The molecule has 1 heterocycles. The van der Waals surface area contributed by atoms with Crippen LogP contribution in [0.15, 0.2) is 24.3 Å². The lowest BCUT2D eigenvalue weighted by Gasteiger charge is -2.28. The van der Waals surface area contributed by atoms with Gasteiger partial charge in [-0.15, -0.1) is 0 Å². The first-order valence-electron chi connectivity index (χ1n) is 5.42. The second-order valence-electron chi connectivity index (χ2n) is 4.06. The molecule has 1 saturated heterocycles. The summed E-state index contributed by atoms with van der Waals surface area (Å²) in [5.74, 6) is 0.902. The van der Waals surface area contributed by atoms with Crippen LogP contribution in [0.1, 0.15) is 24.4 Å². The molecular weight excluding hydrogens is 188 g/mol. The van der Waals surface area contributed by atoms with E-state index in [1.807, 2.05) is 12.1 Å². The Balaban J connectivity index is 2.07. The molecule has 3 N–H and O–H groups in total. The fourth-order valence-corrected chi connectivity index (χ4v) is 2.04. The minimum absolute atomic E-state index is 0.332. The largest absolute Gasteiger partial charge is 0.497 e. The average Bonchev–Trinajstić information content (AvgIpc) is 2.29. The molecule has 0 aromatic heterocycles. The quantitative estimate of drug-likeness (QED) is 0.770. The molecule has 15 heavy (non-hydrogen) atoms. The van der Waals surface area contributed by atoms with Crippen molar-refractivity contribution >= 4 is 0 Å². The molecule has 1 fully saturated rings. The standard InChI is InChI=1S/C12H18N2O/c1-15-11-4-2-9(3-5-11)12-8-10(13)6-7-14-12/h2-5,10,12,14H,6-8,13H2,1H3/t10-,12-/m0/s1. The summed E-state index contributed by atoms with van der Waals surface area (Å²) in [5, 5.41) is 3.48. The van der Waals surface area contributed by atoms with Crippen molar-refractivity contribution < 1.29 is 4.74 Å². The summed E-state index contributed by atoms with van der Waals surface area (Å²) in [5.41, 5.74) is 7.25. The van der Waals surface area contributed by atoms with Crippen molar-refractivity contribution in [3.05, 3.63) is 29.8 Å². The van der Waals surface area contributed by atoms with Gasteiger partial charge in [-0.25, -0.2) is 0 Å². The molecule has 0 aliphatic carbocycles. The summed E-state index contributed by atoms with van der Waals surface area (Å²) in [6, 6.07) is 8.94. The van der Waals surface area contributed by atoms with Gasteiger partial charge in [-0.1, -0.05) is 12.1 Å². The Morgan fingerprint density at radius 3 is 2.67 bits per heavy atom. The van der Waals surface area contributed by atoms with Gasteiger partial charge in [0.05, 0.1) is 7.11 Å². The maximum atomic E-state index is 5.95. The fraction of sp³-hybridized carbons (Fsp3) is 0.500. The topological polar surface area (TPSA) is 47.3 Å². The Labute approximate surface area is 90.6 Å². The van der Waals surface area contributed by atoms with Crippen molar-refractivity contribution in [3.63, 3.8) is 0 Å². The Morgan fingerprint density at radius 2 is 2.07 bits per heavy atom. The van der Waals surface area contributed by atoms with E-state index in [1.165, 1.54) is 5.56 Å². The molecule has 0 amide bonds. The van der Waals surface area contributed by atoms with Crippen LogP contribution in [0.4, 0.5) is 0 Å². The Kier molecular flexibility index (Phi) is 3.23. The van der Waals surface area contributed by atoms with Gasteiger partial charge in [0, 0.05) is 12.1 Å². The minimum Gasteiger partial charge on any atom is -0.497 e. The number of hydrogen-bond acceptors (Lipinski definition) is 3. The summed E-state index contributed by atoms with van der Waals surface area (Å²) >= 11 is 0. The SMILES string of the molecule is COc1ccc([C@@H]2C[C@@H](N)CCN2)cc1. The molecule has 0 unspecified atom stereocenters. The van der Waals surface area contributed by atoms with Crippen molar-refractivity contribution in [1.82, 2.24) is 5.32 Å². The van der Waals surface area contributed by atoms with Crippen molar-refractivity contribution in [3.8, 4) is 5.75 Å². The van der Waals surface area contributed by atoms with E-state index in [-0.39, 0.29) is 0 Å². The van der Waals surface area contributed by atoms with E-state index in [0.717, 1.165) is 25.1 Å². The Bertz CT molecular complexity index is 310. The summed E-state index contributed by atoms with van der Waals surface area (Å²) in [4.78, 5) is 0. The van der Waals surface area contributed by atoms with Crippen LogP contribution in [0.25, 0.3) is 0 Å². The summed E-state index contributed by atoms with van der Waals surface area (Å²) in [7, 11) is 1.68. The zero-order chi connectivity index (χ0) is 10.7. The van der Waals surface area contributed by atoms with E-state index in [2.05, 4.69) is 17.4 Å². The fourth-order valence-electron chi connectivity index (χ4n) is 2.04. The van der Waals surface area contributed by atoms with Crippen molar-refractivity contribution in [2.24, 2.45) is 5.73 Å². The highest BCUT2D eigenvalue weighted by atomic mass is 16.5. The van der Waals surface area contributed by atoms with Gasteiger partial charge in [-0.3, -0.25) is 0 Å². The molecule has 0 radical (unpaired) electrons. The zero-order valence-corrected chi connectivity index (χ0v) is 9.07. The molecule has 1 aliphatic rings. The van der Waals surface area contributed by atoms with Gasteiger partial charge < -0.3 is 15.8 Å². The average molecular weight is 206 g/mol. The monoisotopic (exact) mass is 206 g/mol. The molecular formula is C12H18N2O. The maximum Gasteiger partial charge on any atom is 0.118 e. The van der Waals surface area contributed by atoms with E-state index in [9.17, 15) is 0 Å². The second kappa shape index (κ2) is 4.64. The second-order valence-corrected chi connectivity index (χ2v) is 4.06. The van der Waals surface area contributed by atoms with Crippen LogP contribution in [-0.4, -0.2) is 19.7 Å². The molecule has 2 rings (SSSR count). The van der Waals surface area contributed by atoms with Crippen LogP contribution in [0.2, 0.25) is 0 Å². The van der Waals surface area contributed by atoms with E-state index >= 15 is 0 Å². The van der Waals surface area contributed by atoms with Crippen molar-refractivity contribution in [1.29, 1.82) is 0 Å². The van der Waals surface area contributed by atoms with Crippen LogP contribution < -0.4 is 15.8 Å². The van der Waals surface area contributed by atoms with Gasteiger partial charge in [0.1, 0.15) is 5.75 Å². The number of ether oxygens (including phenoxy) is 1. The summed E-state index contributed by atoms with van der Waals surface area (Å²) < 4.78 is 5.13. The normalized spacial score (nSPS) is 26.3. The Morgan fingerprint density at radius 1 is 1.33 bits per heavy atom. The van der Waals surface area contributed by atoms with Crippen LogP contribution in [0.3, 0.4) is 0 Å². The first kappa shape index (κ1) is 10.5. The van der Waals surface area contributed by atoms with Gasteiger partial charge in [0.15, 0.2) is 0 Å². The predicted octanol–water partition coefficient (Wildman–Crippen LogP) is 1.45. The van der Waals surface area contributed by atoms with Crippen molar-refractivity contribution in [2.75, 3.05) is 13.7 Å². The Hall–Kier alpha value is -1.06. The third kappa shape index (κ3) is 2.49. The molecule has 0 bridgehead atoms. The number of benzene rings is 1. The number of methoxy groups -OCH3 is 1. The third-order valence-corrected chi connectivity index (χ3v) is 2.96. The molecule has 1 aromatic carbocycles. The summed E-state index contributed by atoms with van der Waals surface area (Å²) in [6.07, 6.45) is 2.10. The zero-order valence-electron chi connectivity index (χ0n) is 9.07. The lowest BCUT2D eigenvalue weighted by atomic mass is 9.94. The minimum atomic E-state index is 0.332. The highest BCUT2D eigenvalue weighted by molar-refractivity contribution is 5.29. The van der Waals surface area contributed by atoms with Gasteiger partial charge >= 0.3 is 0 Å². The van der Waals surface area contributed by atoms with Gasteiger partial charge in [0.2, 0.25) is 0 Å². The van der Waals surface area contributed by atoms with Crippen LogP contribution in [0, 0.1) is 0 Å². The molecule has 1 aliphatic heterocycles. The first-order chi connectivity index (χ1) is 7.29. The predicted molar refractivity (Wildman–Crippen MR) is 60.9 cm³/mol. The molecule has 1 aromatic rings. The molecule has 0 spiro atoms. The van der Waals surface area contributed by atoms with Gasteiger partial charge in [-0.2, -0.15) is 0 Å². The number of piperidine rings is 1. The van der Waals surface area contributed by atoms with Crippen LogP contribution >= 0.6 is 0 Å². The van der Waals surface area contributed by atoms with Gasteiger partial charge in [-0.05, 0) is 37.1 Å². The van der Waals surface area contributed by atoms with E-state index < -0.39 is 0 Å². The number of hydrogen-bond donors (Lipinski definition) is 2. The lowest BCUT2D eigenvalue weighted by molar-refractivity contribution is 0.368. The van der Waals surface area contributed by atoms with Gasteiger partial charge in [0.25, 0.3) is 0 Å². The number of rotatable bonds is 2. The molecule has 2 atom stereocenters. The van der Waals surface area contributed by atoms with E-state index in [0.29, 0.717) is 12.1 Å². The summed E-state index contributed by atoms with van der Waals surface area (Å²) in [6.45, 7) is 1.01.